The number of likely N-dealkylation sites (tertiary alicyclic amines) is 1. The predicted molar refractivity (Wildman–Crippen MR) is 84.9 cm³/mol. The van der Waals surface area contributed by atoms with Crippen LogP contribution >= 0.6 is 0 Å². The average Bonchev–Trinajstić information content (AvgIpc) is 3.30. The summed E-state index contributed by atoms with van der Waals surface area (Å²) in [5.41, 5.74) is 0.717. The van der Waals surface area contributed by atoms with Crippen LogP contribution in [0.2, 0.25) is 0 Å². The molecule has 8 nitrogen and oxygen atoms in total. The van der Waals surface area contributed by atoms with Crippen molar-refractivity contribution in [2.24, 2.45) is 0 Å². The van der Waals surface area contributed by atoms with E-state index >= 15 is 0 Å². The van der Waals surface area contributed by atoms with Crippen LogP contribution in [-0.4, -0.2) is 59.0 Å². The summed E-state index contributed by atoms with van der Waals surface area (Å²) in [7, 11) is 3.70. The molecule has 2 atom stereocenters. The van der Waals surface area contributed by atoms with Gasteiger partial charge in [-0.2, -0.15) is 0 Å². The molecule has 0 spiro atoms. The first-order valence-corrected chi connectivity index (χ1v) is 8.22. The van der Waals surface area contributed by atoms with Gasteiger partial charge in [-0.1, -0.05) is 0 Å². The summed E-state index contributed by atoms with van der Waals surface area (Å²) in [4.78, 5) is 35.9. The van der Waals surface area contributed by atoms with E-state index in [-0.39, 0.29) is 41.5 Å². The van der Waals surface area contributed by atoms with Crippen molar-refractivity contribution in [2.75, 3.05) is 19.0 Å². The summed E-state index contributed by atoms with van der Waals surface area (Å²) in [6.07, 6.45) is 4.57. The Bertz CT molecular complexity index is 638. The summed E-state index contributed by atoms with van der Waals surface area (Å²) in [6.45, 7) is 0.299. The number of rotatable bonds is 6. The van der Waals surface area contributed by atoms with Gasteiger partial charge in [0.15, 0.2) is 0 Å². The van der Waals surface area contributed by atoms with Crippen molar-refractivity contribution >= 4 is 17.8 Å². The van der Waals surface area contributed by atoms with E-state index in [1.165, 1.54) is 0 Å². The van der Waals surface area contributed by atoms with Crippen LogP contribution in [0.15, 0.2) is 12.3 Å². The Morgan fingerprint density at radius 1 is 1.28 bits per heavy atom. The van der Waals surface area contributed by atoms with Crippen LogP contribution in [0.5, 0.6) is 0 Å². The normalized spacial score (nSPS) is 23.0. The molecule has 0 aromatic carbocycles. The molecule has 1 amide bonds. The Morgan fingerprint density at radius 3 is 2.56 bits per heavy atom. The molecular weight excluding hydrogens is 333 g/mol. The van der Waals surface area contributed by atoms with Crippen LogP contribution in [-0.2, 0) is 16.1 Å². The molecule has 3 rings (SSSR count). The van der Waals surface area contributed by atoms with Crippen molar-refractivity contribution < 1.29 is 44.3 Å². The van der Waals surface area contributed by atoms with E-state index in [1.54, 1.807) is 17.2 Å². The van der Waals surface area contributed by atoms with Gasteiger partial charge in [0.25, 0.3) is 0 Å². The Balaban J connectivity index is 0.00000225. The van der Waals surface area contributed by atoms with Gasteiger partial charge in [-0.05, 0) is 31.7 Å². The van der Waals surface area contributed by atoms with Gasteiger partial charge < -0.3 is 20.1 Å². The summed E-state index contributed by atoms with van der Waals surface area (Å²) in [5.74, 6) is -0.640. The number of hydrogen-bond donors (Lipinski definition) is 1. The Morgan fingerprint density at radius 2 is 1.96 bits per heavy atom. The van der Waals surface area contributed by atoms with Crippen molar-refractivity contribution in [1.29, 1.82) is 0 Å². The van der Waals surface area contributed by atoms with Gasteiger partial charge in [-0.25, -0.2) is 9.97 Å². The number of carboxylic acids is 1. The zero-order chi connectivity index (χ0) is 17.3. The van der Waals surface area contributed by atoms with E-state index in [0.29, 0.717) is 25.3 Å². The number of hydrogen-bond acceptors (Lipinski definition) is 7. The number of nitrogens with one attached hydrogen (secondary N) is 1. The molecule has 1 aromatic heterocycles. The monoisotopic (exact) mass is 355 g/mol. The minimum absolute atomic E-state index is 0. The molecule has 25 heavy (non-hydrogen) atoms. The van der Waals surface area contributed by atoms with Crippen LogP contribution in [0.3, 0.4) is 0 Å². The van der Waals surface area contributed by atoms with Gasteiger partial charge in [0.2, 0.25) is 11.9 Å². The molecule has 2 fully saturated rings. The molecule has 1 aliphatic carbocycles. The second-order valence-electron chi connectivity index (χ2n) is 6.57. The number of carboxylic acid groups (broad SMARTS) is 1. The molecular formula is C16H22N5NaO3. The zero-order valence-corrected chi connectivity index (χ0v) is 16.9. The molecule has 0 bridgehead atoms. The largest absolute Gasteiger partial charge is 1.00 e. The first kappa shape index (κ1) is 20.1. The third-order valence-corrected chi connectivity index (χ3v) is 4.52. The predicted octanol–water partition coefficient (Wildman–Crippen LogP) is -4.09. The summed E-state index contributed by atoms with van der Waals surface area (Å²) in [6, 6.07) is 0.915. The second-order valence-corrected chi connectivity index (χ2v) is 6.57. The fourth-order valence-corrected chi connectivity index (χ4v) is 3.21. The smallest absolute Gasteiger partial charge is 0.548 e. The second kappa shape index (κ2) is 8.44. The molecule has 130 valence electrons. The van der Waals surface area contributed by atoms with Crippen LogP contribution in [0.1, 0.15) is 31.4 Å². The van der Waals surface area contributed by atoms with Crippen molar-refractivity contribution in [2.45, 2.75) is 50.4 Å². The van der Waals surface area contributed by atoms with Crippen LogP contribution in [0, 0.1) is 0 Å². The molecule has 1 aliphatic heterocycles. The third-order valence-electron chi connectivity index (χ3n) is 4.52. The van der Waals surface area contributed by atoms with E-state index in [4.69, 9.17) is 0 Å². The minimum atomic E-state index is -1.08. The Hall–Kier alpha value is -1.22. The molecule has 1 saturated carbocycles. The van der Waals surface area contributed by atoms with Crippen LogP contribution < -0.4 is 44.9 Å². The first-order valence-electron chi connectivity index (χ1n) is 8.22. The van der Waals surface area contributed by atoms with Crippen molar-refractivity contribution in [1.82, 2.24) is 20.2 Å². The van der Waals surface area contributed by atoms with E-state index in [9.17, 15) is 14.7 Å². The molecule has 1 saturated heterocycles. The summed E-state index contributed by atoms with van der Waals surface area (Å²) >= 11 is 0. The first-order chi connectivity index (χ1) is 11.5. The van der Waals surface area contributed by atoms with Crippen LogP contribution in [0.4, 0.5) is 5.95 Å². The van der Waals surface area contributed by atoms with E-state index in [1.807, 2.05) is 19.0 Å². The maximum atomic E-state index is 12.5. The fourth-order valence-electron chi connectivity index (χ4n) is 3.21. The number of anilines is 1. The van der Waals surface area contributed by atoms with E-state index in [0.717, 1.165) is 18.5 Å². The number of aromatic nitrogens is 2. The molecule has 9 heteroatoms. The SMILES string of the molecule is CN(C)c1nccc(CNC(=O)C2CCC(C(=O)[O-])N2C2CC2)n1.[Na+]. The van der Waals surface area contributed by atoms with E-state index in [2.05, 4.69) is 15.3 Å². The van der Waals surface area contributed by atoms with Gasteiger partial charge in [-0.3, -0.25) is 9.69 Å². The van der Waals surface area contributed by atoms with Crippen molar-refractivity contribution in [3.63, 3.8) is 0 Å². The number of nitrogens with zero attached hydrogens (tertiary/aromatic N) is 4. The third kappa shape index (κ3) is 4.69. The number of carbonyl (C=O) groups is 2. The van der Waals surface area contributed by atoms with Crippen molar-refractivity contribution in [3.05, 3.63) is 18.0 Å². The number of carbonyl (C=O) groups excluding carboxylic acids is 2. The quantitative estimate of drug-likeness (QED) is 0.518. The molecule has 1 N–H and O–H groups in total. The molecule has 2 heterocycles. The summed E-state index contributed by atoms with van der Waals surface area (Å²) < 4.78 is 0. The van der Waals surface area contributed by atoms with Gasteiger partial charge in [0, 0.05) is 26.3 Å². The molecule has 0 radical (unpaired) electrons. The van der Waals surface area contributed by atoms with Gasteiger partial charge in [-0.15, -0.1) is 0 Å². The Labute approximate surface area is 169 Å². The van der Waals surface area contributed by atoms with Crippen molar-refractivity contribution in [3.8, 4) is 0 Å². The van der Waals surface area contributed by atoms with E-state index < -0.39 is 18.1 Å². The number of aliphatic carboxylic acids is 1. The van der Waals surface area contributed by atoms with Crippen LogP contribution in [0.25, 0.3) is 0 Å². The van der Waals surface area contributed by atoms with Gasteiger partial charge >= 0.3 is 29.6 Å². The summed E-state index contributed by atoms with van der Waals surface area (Å²) in [5, 5.41) is 14.2. The number of amides is 1. The minimum Gasteiger partial charge on any atom is -0.548 e. The average molecular weight is 355 g/mol. The maximum Gasteiger partial charge on any atom is 1.00 e. The molecule has 1 aromatic rings. The van der Waals surface area contributed by atoms with Gasteiger partial charge in [0.05, 0.1) is 30.3 Å². The molecule has 2 aliphatic rings. The zero-order valence-electron chi connectivity index (χ0n) is 14.9. The molecule has 2 unspecified atom stereocenters. The Kier molecular flexibility index (Phi) is 6.79. The van der Waals surface area contributed by atoms with Gasteiger partial charge in [0.1, 0.15) is 0 Å². The fraction of sp³-hybridized carbons (Fsp3) is 0.625. The topological polar surface area (TPSA) is 101 Å². The standard InChI is InChI=1S/C16H23N5O3.Na/c1-20(2)16-17-8-7-10(19-16)9-18-14(22)12-5-6-13(15(23)24)21(12)11-3-4-11;/h7-8,11-13H,3-6,9H2,1-2H3,(H,18,22)(H,23,24);/q;+1/p-1. The maximum absolute atomic E-state index is 12.5.